The summed E-state index contributed by atoms with van der Waals surface area (Å²) < 4.78 is 0. The zero-order valence-electron chi connectivity index (χ0n) is 15.5. The number of aliphatic hydroxyl groups is 1. The SMILES string of the molecule is CC(C)CO.CCCC[Si](O)(CCCC)CCCC.O.O.[Ti]. The van der Waals surface area contributed by atoms with Crippen molar-refractivity contribution in [2.45, 2.75) is 91.3 Å². The van der Waals surface area contributed by atoms with Gasteiger partial charge in [-0.25, -0.2) is 0 Å². The third-order valence-electron chi connectivity index (χ3n) is 3.35. The Hall–Kier alpha value is 0.771. The summed E-state index contributed by atoms with van der Waals surface area (Å²) in [5.41, 5.74) is 0. The quantitative estimate of drug-likeness (QED) is 0.573. The van der Waals surface area contributed by atoms with Crippen LogP contribution < -0.4 is 0 Å². The minimum absolute atomic E-state index is 0. The zero-order chi connectivity index (χ0) is 15.1. The summed E-state index contributed by atoms with van der Waals surface area (Å²) in [4.78, 5) is 10.5. The van der Waals surface area contributed by atoms with E-state index in [9.17, 15) is 4.80 Å². The van der Waals surface area contributed by atoms with Gasteiger partial charge < -0.3 is 20.9 Å². The predicted octanol–water partition coefficient (Wildman–Crippen LogP) is 3.31. The van der Waals surface area contributed by atoms with Crippen LogP contribution in [0.15, 0.2) is 0 Å². The van der Waals surface area contributed by atoms with E-state index in [1.807, 2.05) is 13.8 Å². The minimum Gasteiger partial charge on any atom is -0.432 e. The van der Waals surface area contributed by atoms with Crippen LogP contribution in [0.25, 0.3) is 0 Å². The Bertz CT molecular complexity index is 162. The minimum atomic E-state index is -1.81. The molecule has 0 aliphatic heterocycles. The maximum absolute atomic E-state index is 10.5. The monoisotopic (exact) mass is 374 g/mol. The molecule has 4 nitrogen and oxygen atoms in total. The molecule has 0 aromatic carbocycles. The normalized spacial score (nSPS) is 9.82. The Balaban J connectivity index is -0.000000105. The van der Waals surface area contributed by atoms with E-state index in [-0.39, 0.29) is 32.7 Å². The van der Waals surface area contributed by atoms with Gasteiger partial charge in [0, 0.05) is 28.3 Å². The summed E-state index contributed by atoms with van der Waals surface area (Å²) in [6, 6.07) is 3.43. The van der Waals surface area contributed by atoms with E-state index >= 15 is 0 Å². The first-order valence-electron chi connectivity index (χ1n) is 8.28. The van der Waals surface area contributed by atoms with E-state index < -0.39 is 8.32 Å². The van der Waals surface area contributed by atoms with Crippen molar-refractivity contribution in [3.63, 3.8) is 0 Å². The van der Waals surface area contributed by atoms with Crippen molar-refractivity contribution in [1.29, 1.82) is 0 Å². The summed E-state index contributed by atoms with van der Waals surface area (Å²) in [5, 5.41) is 8.14. The van der Waals surface area contributed by atoms with Crippen molar-refractivity contribution < 1.29 is 42.6 Å². The molecule has 0 spiro atoms. The largest absolute Gasteiger partial charge is 0.432 e. The second-order valence-electron chi connectivity index (χ2n) is 6.11. The van der Waals surface area contributed by atoms with Crippen molar-refractivity contribution in [1.82, 2.24) is 0 Å². The molecular weight excluding hydrogens is 332 g/mol. The topological polar surface area (TPSA) is 103 Å². The molecule has 0 unspecified atom stereocenters. The van der Waals surface area contributed by atoms with Crippen molar-refractivity contribution in [2.75, 3.05) is 6.61 Å². The van der Waals surface area contributed by atoms with Gasteiger partial charge in [-0.15, -0.1) is 0 Å². The second-order valence-corrected chi connectivity index (χ2v) is 10.1. The zero-order valence-corrected chi connectivity index (χ0v) is 18.1. The molecule has 0 saturated heterocycles. The van der Waals surface area contributed by atoms with Gasteiger partial charge in [-0.3, -0.25) is 0 Å². The molecule has 0 radical (unpaired) electrons. The Morgan fingerprint density at radius 2 is 1.00 bits per heavy atom. The fourth-order valence-electron chi connectivity index (χ4n) is 1.89. The molecule has 6 N–H and O–H groups in total. The number of aliphatic hydroxyl groups excluding tert-OH is 1. The fourth-order valence-corrected chi connectivity index (χ4v) is 5.68. The molecule has 6 heteroatoms. The van der Waals surface area contributed by atoms with Crippen LogP contribution in [-0.2, 0) is 21.7 Å². The third kappa shape index (κ3) is 25.7. The maximum Gasteiger partial charge on any atom is 0.188 e. The van der Waals surface area contributed by atoms with Gasteiger partial charge in [0.1, 0.15) is 0 Å². The summed E-state index contributed by atoms with van der Waals surface area (Å²) >= 11 is 0. The van der Waals surface area contributed by atoms with Crippen molar-refractivity contribution in [3.8, 4) is 0 Å². The van der Waals surface area contributed by atoms with Gasteiger partial charge in [0.2, 0.25) is 0 Å². The molecule has 0 aromatic heterocycles. The first-order valence-corrected chi connectivity index (χ1v) is 10.9. The molecule has 0 saturated carbocycles. The van der Waals surface area contributed by atoms with Crippen LogP contribution in [0.1, 0.15) is 73.1 Å². The van der Waals surface area contributed by atoms with Gasteiger partial charge in [-0.05, 0) is 24.1 Å². The second kappa shape index (κ2) is 24.0. The molecule has 0 amide bonds. The molecule has 22 heavy (non-hydrogen) atoms. The first-order chi connectivity index (χ1) is 8.95. The first kappa shape index (κ1) is 34.2. The average Bonchev–Trinajstić information content (AvgIpc) is 2.41. The van der Waals surface area contributed by atoms with Crippen molar-refractivity contribution in [2.24, 2.45) is 5.92 Å². The number of unbranched alkanes of at least 4 members (excludes halogenated alkanes) is 3. The van der Waals surface area contributed by atoms with Crippen LogP contribution in [0.4, 0.5) is 0 Å². The van der Waals surface area contributed by atoms with Gasteiger partial charge in [0.15, 0.2) is 8.32 Å². The Morgan fingerprint density at radius 1 is 0.773 bits per heavy atom. The Labute approximate surface area is 154 Å². The van der Waals surface area contributed by atoms with E-state index in [0.717, 1.165) is 18.1 Å². The van der Waals surface area contributed by atoms with Crippen LogP contribution in [0.5, 0.6) is 0 Å². The number of hydrogen-bond donors (Lipinski definition) is 2. The summed E-state index contributed by atoms with van der Waals surface area (Å²) in [6.07, 6.45) is 7.39. The summed E-state index contributed by atoms with van der Waals surface area (Å²) in [7, 11) is -1.81. The van der Waals surface area contributed by atoms with Gasteiger partial charge in [0.05, 0.1) is 0 Å². The molecular formula is C16H42O4SiTi. The fraction of sp³-hybridized carbons (Fsp3) is 1.00. The van der Waals surface area contributed by atoms with Crippen molar-refractivity contribution >= 4 is 8.32 Å². The van der Waals surface area contributed by atoms with Crippen LogP contribution in [0, 0.1) is 5.92 Å². The van der Waals surface area contributed by atoms with Crippen LogP contribution in [0.2, 0.25) is 18.1 Å². The number of hydrogen-bond acceptors (Lipinski definition) is 2. The maximum atomic E-state index is 10.5. The molecule has 0 aliphatic rings. The summed E-state index contributed by atoms with van der Waals surface area (Å²) in [6.45, 7) is 10.9. The van der Waals surface area contributed by atoms with Gasteiger partial charge in [-0.2, -0.15) is 0 Å². The molecule has 0 fully saturated rings. The number of rotatable bonds is 10. The van der Waals surface area contributed by atoms with Crippen LogP contribution in [-0.4, -0.2) is 35.8 Å². The van der Waals surface area contributed by atoms with Gasteiger partial charge >= 0.3 is 0 Å². The molecule has 0 aromatic rings. The van der Waals surface area contributed by atoms with E-state index in [4.69, 9.17) is 5.11 Å². The Kier molecular flexibility index (Phi) is 37.3. The van der Waals surface area contributed by atoms with E-state index in [0.29, 0.717) is 12.5 Å². The summed E-state index contributed by atoms with van der Waals surface area (Å²) in [5.74, 6) is 0.440. The average molecular weight is 374 g/mol. The predicted molar refractivity (Wildman–Crippen MR) is 96.3 cm³/mol. The Morgan fingerprint density at radius 3 is 1.14 bits per heavy atom. The molecule has 0 rings (SSSR count). The molecule has 0 bridgehead atoms. The third-order valence-corrected chi connectivity index (χ3v) is 7.21. The molecule has 0 aliphatic carbocycles. The molecule has 138 valence electrons. The standard InChI is InChI=1S/C12H28OSi.C4H10O.2H2O.Ti/c1-4-7-10-14(13,11-8-5-2)12-9-6-3;1-4(2)3-5;;;/h13H,4-12H2,1-3H3;4-5H,3H2,1-2H3;2*1H2;. The van der Waals surface area contributed by atoms with Gasteiger partial charge in [-0.1, -0.05) is 73.1 Å². The molecule has 0 heterocycles. The van der Waals surface area contributed by atoms with Crippen molar-refractivity contribution in [3.05, 3.63) is 0 Å². The van der Waals surface area contributed by atoms with E-state index in [1.54, 1.807) is 0 Å². The van der Waals surface area contributed by atoms with Crippen LogP contribution >= 0.6 is 0 Å². The van der Waals surface area contributed by atoms with Crippen LogP contribution in [0.3, 0.4) is 0 Å². The van der Waals surface area contributed by atoms with E-state index in [2.05, 4.69) is 20.8 Å². The van der Waals surface area contributed by atoms with E-state index in [1.165, 1.54) is 38.5 Å². The van der Waals surface area contributed by atoms with Gasteiger partial charge in [0.25, 0.3) is 0 Å². The smallest absolute Gasteiger partial charge is 0.188 e. The molecule has 0 atom stereocenters.